The Hall–Kier alpha value is -1.89. The van der Waals surface area contributed by atoms with Gasteiger partial charge in [0.2, 0.25) is 11.8 Å². The van der Waals surface area contributed by atoms with Gasteiger partial charge in [-0.2, -0.15) is 13.2 Å². The first kappa shape index (κ1) is 14.1. The Bertz CT molecular complexity index is 620. The van der Waals surface area contributed by atoms with Crippen LogP contribution in [0.4, 0.5) is 13.2 Å². The van der Waals surface area contributed by atoms with Crippen molar-refractivity contribution in [2.45, 2.75) is 31.5 Å². The third-order valence-corrected chi connectivity index (χ3v) is 3.28. The van der Waals surface area contributed by atoms with Crippen LogP contribution in [0.1, 0.15) is 24.3 Å². The number of halogens is 3. The molecule has 1 fully saturated rings. The normalized spacial score (nSPS) is 15.4. The maximum Gasteiger partial charge on any atom is 0.417 e. The maximum atomic E-state index is 12.9. The van der Waals surface area contributed by atoms with Crippen molar-refractivity contribution in [2.24, 2.45) is 0 Å². The van der Waals surface area contributed by atoms with E-state index in [1.807, 2.05) is 0 Å². The van der Waals surface area contributed by atoms with E-state index in [4.69, 9.17) is 4.42 Å². The molecule has 21 heavy (non-hydrogen) atoms. The third kappa shape index (κ3) is 3.41. The summed E-state index contributed by atoms with van der Waals surface area (Å²) in [6, 6.07) is 5.77. The van der Waals surface area contributed by atoms with Crippen LogP contribution in [-0.2, 0) is 12.6 Å². The van der Waals surface area contributed by atoms with Gasteiger partial charge in [0.15, 0.2) is 0 Å². The summed E-state index contributed by atoms with van der Waals surface area (Å²) in [6.07, 6.45) is -1.58. The summed E-state index contributed by atoms with van der Waals surface area (Å²) in [7, 11) is 0. The molecular weight excluding hydrogens is 283 g/mol. The fraction of sp³-hybridized carbons (Fsp3) is 0.429. The lowest BCUT2D eigenvalue weighted by Crippen LogP contribution is -2.19. The molecule has 0 amide bonds. The highest BCUT2D eigenvalue weighted by atomic mass is 19.4. The van der Waals surface area contributed by atoms with E-state index in [0.29, 0.717) is 24.9 Å². The van der Waals surface area contributed by atoms with Gasteiger partial charge in [0.05, 0.1) is 11.1 Å². The molecule has 1 heterocycles. The molecule has 1 saturated carbocycles. The minimum Gasteiger partial charge on any atom is -0.421 e. The van der Waals surface area contributed by atoms with Gasteiger partial charge in [0, 0.05) is 19.0 Å². The highest BCUT2D eigenvalue weighted by Gasteiger charge is 2.34. The first-order valence-corrected chi connectivity index (χ1v) is 6.76. The molecule has 2 aromatic rings. The monoisotopic (exact) mass is 297 g/mol. The van der Waals surface area contributed by atoms with Crippen LogP contribution in [0, 0.1) is 0 Å². The Morgan fingerprint density at radius 2 is 1.95 bits per heavy atom. The summed E-state index contributed by atoms with van der Waals surface area (Å²) in [5.41, 5.74) is -0.852. The Kier molecular flexibility index (Phi) is 3.67. The van der Waals surface area contributed by atoms with Gasteiger partial charge in [0.1, 0.15) is 0 Å². The van der Waals surface area contributed by atoms with Crippen LogP contribution < -0.4 is 5.32 Å². The van der Waals surface area contributed by atoms with Gasteiger partial charge in [-0.3, -0.25) is 0 Å². The van der Waals surface area contributed by atoms with Crippen molar-refractivity contribution in [3.05, 3.63) is 35.7 Å². The minimum atomic E-state index is -4.45. The average Bonchev–Trinajstić information content (AvgIpc) is 3.14. The van der Waals surface area contributed by atoms with Crippen LogP contribution >= 0.6 is 0 Å². The zero-order valence-electron chi connectivity index (χ0n) is 11.2. The lowest BCUT2D eigenvalue weighted by Gasteiger charge is -2.09. The van der Waals surface area contributed by atoms with E-state index in [2.05, 4.69) is 15.5 Å². The standard InChI is InChI=1S/C14H14F3N3O/c15-14(16,17)11-4-2-1-3-10(11)13-20-19-12(21-13)7-8-18-9-5-6-9/h1-4,9,18H,5-8H2. The second kappa shape index (κ2) is 5.48. The molecule has 7 heteroatoms. The minimum absolute atomic E-state index is 0.0843. The van der Waals surface area contributed by atoms with Gasteiger partial charge < -0.3 is 9.73 Å². The fourth-order valence-corrected chi connectivity index (χ4v) is 2.05. The predicted octanol–water partition coefficient (Wildman–Crippen LogP) is 3.05. The average molecular weight is 297 g/mol. The molecular formula is C14H14F3N3O. The van der Waals surface area contributed by atoms with E-state index in [-0.39, 0.29) is 11.5 Å². The molecule has 0 saturated heterocycles. The fourth-order valence-electron chi connectivity index (χ4n) is 2.05. The highest BCUT2D eigenvalue weighted by Crippen LogP contribution is 2.36. The van der Waals surface area contributed by atoms with E-state index in [1.54, 1.807) is 0 Å². The number of hydrogen-bond acceptors (Lipinski definition) is 4. The van der Waals surface area contributed by atoms with Crippen molar-refractivity contribution >= 4 is 0 Å². The van der Waals surface area contributed by atoms with Crippen molar-refractivity contribution in [1.82, 2.24) is 15.5 Å². The van der Waals surface area contributed by atoms with Gasteiger partial charge in [-0.25, -0.2) is 0 Å². The SMILES string of the molecule is FC(F)(F)c1ccccc1-c1nnc(CCNC2CC2)o1. The van der Waals surface area contributed by atoms with Crippen LogP contribution in [0.3, 0.4) is 0 Å². The molecule has 4 nitrogen and oxygen atoms in total. The molecule has 0 radical (unpaired) electrons. The number of nitrogens with one attached hydrogen (secondary N) is 1. The van der Waals surface area contributed by atoms with E-state index in [1.165, 1.54) is 31.0 Å². The lowest BCUT2D eigenvalue weighted by atomic mass is 10.1. The van der Waals surface area contributed by atoms with Crippen LogP contribution in [0.25, 0.3) is 11.5 Å². The van der Waals surface area contributed by atoms with Gasteiger partial charge in [0.25, 0.3) is 0 Å². The Balaban J connectivity index is 1.76. The molecule has 1 N–H and O–H groups in total. The summed E-state index contributed by atoms with van der Waals surface area (Å²) in [6.45, 7) is 0.688. The first-order valence-electron chi connectivity index (χ1n) is 6.76. The Morgan fingerprint density at radius 1 is 1.19 bits per heavy atom. The summed E-state index contributed by atoms with van der Waals surface area (Å²) >= 11 is 0. The molecule has 112 valence electrons. The molecule has 0 atom stereocenters. The van der Waals surface area contributed by atoms with Gasteiger partial charge >= 0.3 is 6.18 Å². The summed E-state index contributed by atoms with van der Waals surface area (Å²) in [5.74, 6) is 0.250. The smallest absolute Gasteiger partial charge is 0.417 e. The van der Waals surface area contributed by atoms with Crippen molar-refractivity contribution in [3.63, 3.8) is 0 Å². The Morgan fingerprint density at radius 3 is 2.67 bits per heavy atom. The number of aromatic nitrogens is 2. The number of alkyl halides is 3. The second-order valence-electron chi connectivity index (χ2n) is 5.02. The number of rotatable bonds is 5. The quantitative estimate of drug-likeness (QED) is 0.921. The Labute approximate surface area is 119 Å². The molecule has 0 aliphatic heterocycles. The van der Waals surface area contributed by atoms with Crippen LogP contribution in [0.15, 0.2) is 28.7 Å². The maximum absolute atomic E-state index is 12.9. The van der Waals surface area contributed by atoms with Crippen LogP contribution in [0.5, 0.6) is 0 Å². The molecule has 0 unspecified atom stereocenters. The molecule has 0 bridgehead atoms. The first-order chi connectivity index (χ1) is 10.0. The van der Waals surface area contributed by atoms with Crippen LogP contribution in [-0.4, -0.2) is 22.8 Å². The number of benzene rings is 1. The highest BCUT2D eigenvalue weighted by molar-refractivity contribution is 5.59. The van der Waals surface area contributed by atoms with E-state index in [0.717, 1.165) is 6.07 Å². The van der Waals surface area contributed by atoms with Gasteiger partial charge in [-0.05, 0) is 25.0 Å². The molecule has 1 aromatic heterocycles. The number of nitrogens with zero attached hydrogens (tertiary/aromatic N) is 2. The summed E-state index contributed by atoms with van der Waals surface area (Å²) in [5, 5.41) is 10.8. The predicted molar refractivity (Wildman–Crippen MR) is 69.5 cm³/mol. The molecule has 1 aliphatic rings. The van der Waals surface area contributed by atoms with Crippen molar-refractivity contribution in [1.29, 1.82) is 0 Å². The van der Waals surface area contributed by atoms with E-state index < -0.39 is 11.7 Å². The topological polar surface area (TPSA) is 51.0 Å². The lowest BCUT2D eigenvalue weighted by molar-refractivity contribution is -0.137. The van der Waals surface area contributed by atoms with Crippen molar-refractivity contribution in [2.75, 3.05) is 6.54 Å². The van der Waals surface area contributed by atoms with Gasteiger partial charge in [-0.15, -0.1) is 10.2 Å². The third-order valence-electron chi connectivity index (χ3n) is 3.28. The van der Waals surface area contributed by atoms with Crippen molar-refractivity contribution < 1.29 is 17.6 Å². The molecule has 1 aliphatic carbocycles. The molecule has 0 spiro atoms. The van der Waals surface area contributed by atoms with Gasteiger partial charge in [-0.1, -0.05) is 12.1 Å². The van der Waals surface area contributed by atoms with E-state index >= 15 is 0 Å². The molecule has 3 rings (SSSR count). The van der Waals surface area contributed by atoms with Crippen LogP contribution in [0.2, 0.25) is 0 Å². The zero-order chi connectivity index (χ0) is 14.9. The van der Waals surface area contributed by atoms with Crippen molar-refractivity contribution in [3.8, 4) is 11.5 Å². The largest absolute Gasteiger partial charge is 0.421 e. The number of hydrogen-bond donors (Lipinski definition) is 1. The summed E-state index contributed by atoms with van der Waals surface area (Å²) in [4.78, 5) is 0. The summed E-state index contributed by atoms with van der Waals surface area (Å²) < 4.78 is 44.2. The van der Waals surface area contributed by atoms with E-state index in [9.17, 15) is 13.2 Å². The molecule has 1 aromatic carbocycles. The zero-order valence-corrected chi connectivity index (χ0v) is 11.2. The second-order valence-corrected chi connectivity index (χ2v) is 5.02.